The number of halogens is 3. The van der Waals surface area contributed by atoms with E-state index in [4.69, 9.17) is 0 Å². The van der Waals surface area contributed by atoms with E-state index in [1.165, 1.54) is 19.1 Å². The van der Waals surface area contributed by atoms with Gasteiger partial charge < -0.3 is 0 Å². The lowest BCUT2D eigenvalue weighted by Gasteiger charge is -2.18. The van der Waals surface area contributed by atoms with E-state index in [0.29, 0.717) is 11.1 Å². The fourth-order valence-corrected chi connectivity index (χ4v) is 2.99. The Kier molecular flexibility index (Phi) is 5.51. The number of benzene rings is 2. The maximum absolute atomic E-state index is 13.5. The van der Waals surface area contributed by atoms with Crippen molar-refractivity contribution in [1.82, 2.24) is 0 Å². The minimum atomic E-state index is -4.37. The van der Waals surface area contributed by atoms with Gasteiger partial charge in [0.25, 0.3) is 0 Å². The Bertz CT molecular complexity index is 796. The largest absolute Gasteiger partial charge is 0.399 e. The van der Waals surface area contributed by atoms with Crippen molar-refractivity contribution in [2.75, 3.05) is 0 Å². The number of allylic oxidation sites excluding steroid dienone is 1. The van der Waals surface area contributed by atoms with Crippen molar-refractivity contribution < 1.29 is 18.0 Å². The second-order valence-corrected chi connectivity index (χ2v) is 6.43. The molecule has 0 radical (unpaired) electrons. The van der Waals surface area contributed by atoms with Gasteiger partial charge in [-0.1, -0.05) is 59.7 Å². The highest BCUT2D eigenvalue weighted by atomic mass is 19.4. The molecule has 1 unspecified atom stereocenters. The molecule has 132 valence electrons. The number of ketones is 1. The Morgan fingerprint density at radius 1 is 1.00 bits per heavy atom. The molecule has 0 bridgehead atoms. The summed E-state index contributed by atoms with van der Waals surface area (Å²) in [5.74, 6) is -1.73. The highest BCUT2D eigenvalue weighted by Crippen LogP contribution is 2.37. The minimum Gasteiger partial charge on any atom is -0.295 e. The molecule has 25 heavy (non-hydrogen) atoms. The number of alkyl halides is 3. The molecule has 0 N–H and O–H groups in total. The second kappa shape index (κ2) is 7.26. The zero-order valence-corrected chi connectivity index (χ0v) is 14.7. The zero-order valence-electron chi connectivity index (χ0n) is 14.7. The van der Waals surface area contributed by atoms with Crippen LogP contribution in [0.5, 0.6) is 0 Å². The van der Waals surface area contributed by atoms with Crippen LogP contribution in [-0.4, -0.2) is 12.0 Å². The summed E-state index contributed by atoms with van der Waals surface area (Å²) >= 11 is 0. The van der Waals surface area contributed by atoms with E-state index in [1.54, 1.807) is 51.1 Å². The summed E-state index contributed by atoms with van der Waals surface area (Å²) in [5.41, 5.74) is 3.82. The first kappa shape index (κ1) is 19.0. The van der Waals surface area contributed by atoms with E-state index in [-0.39, 0.29) is 11.3 Å². The molecule has 2 aromatic rings. The van der Waals surface area contributed by atoms with Crippen molar-refractivity contribution in [3.8, 4) is 0 Å². The zero-order chi connectivity index (χ0) is 18.8. The van der Waals surface area contributed by atoms with Gasteiger partial charge in [-0.2, -0.15) is 13.2 Å². The minimum absolute atomic E-state index is 0.0589. The first-order valence-corrected chi connectivity index (χ1v) is 8.02. The van der Waals surface area contributed by atoms with Crippen LogP contribution >= 0.6 is 0 Å². The fourth-order valence-electron chi connectivity index (χ4n) is 2.99. The number of carbonyl (C=O) groups excluding carboxylic acids is 1. The van der Waals surface area contributed by atoms with Gasteiger partial charge >= 0.3 is 6.18 Å². The van der Waals surface area contributed by atoms with Gasteiger partial charge in [0.2, 0.25) is 0 Å². The maximum Gasteiger partial charge on any atom is 0.399 e. The molecule has 0 heterocycles. The number of carbonyl (C=O) groups is 1. The van der Waals surface area contributed by atoms with Crippen molar-refractivity contribution in [2.24, 2.45) is 0 Å². The fraction of sp³-hybridized carbons (Fsp3) is 0.286. The van der Waals surface area contributed by atoms with Crippen LogP contribution in [0.25, 0.3) is 6.08 Å². The topological polar surface area (TPSA) is 17.1 Å². The van der Waals surface area contributed by atoms with Crippen LogP contribution in [0.4, 0.5) is 13.2 Å². The van der Waals surface area contributed by atoms with Gasteiger partial charge in [-0.05, 0) is 44.4 Å². The van der Waals surface area contributed by atoms with Gasteiger partial charge in [-0.15, -0.1) is 0 Å². The van der Waals surface area contributed by atoms with Gasteiger partial charge in [-0.25, -0.2) is 0 Å². The van der Waals surface area contributed by atoms with Crippen molar-refractivity contribution in [3.05, 3.63) is 75.9 Å². The molecule has 0 aliphatic heterocycles. The molecule has 0 aliphatic rings. The van der Waals surface area contributed by atoms with E-state index in [2.05, 4.69) is 0 Å². The number of rotatable bonds is 4. The maximum atomic E-state index is 13.5. The van der Waals surface area contributed by atoms with Crippen molar-refractivity contribution in [3.63, 3.8) is 0 Å². The summed E-state index contributed by atoms with van der Waals surface area (Å²) in [4.78, 5) is 11.5. The number of hydrogen-bond acceptors (Lipinski definition) is 1. The Morgan fingerprint density at radius 3 is 2.08 bits per heavy atom. The number of aryl methyl sites for hydroxylation is 3. The Hall–Kier alpha value is -2.36. The summed E-state index contributed by atoms with van der Waals surface area (Å²) in [6, 6.07) is 10.0. The molecular formula is C21H21F3O. The molecule has 0 amide bonds. The van der Waals surface area contributed by atoms with E-state index in [9.17, 15) is 18.0 Å². The number of hydrogen-bond donors (Lipinski definition) is 0. The summed E-state index contributed by atoms with van der Waals surface area (Å²) in [6.07, 6.45) is -1.73. The second-order valence-electron chi connectivity index (χ2n) is 6.43. The van der Waals surface area contributed by atoms with Crippen LogP contribution in [0.1, 0.15) is 51.0 Å². The van der Waals surface area contributed by atoms with E-state index in [0.717, 1.165) is 16.7 Å². The molecule has 1 nitrogen and oxygen atoms in total. The Labute approximate surface area is 146 Å². The molecule has 0 fully saturated rings. The van der Waals surface area contributed by atoms with E-state index < -0.39 is 12.1 Å². The summed E-state index contributed by atoms with van der Waals surface area (Å²) in [7, 11) is 0. The van der Waals surface area contributed by atoms with Crippen LogP contribution in [0.3, 0.4) is 0 Å². The molecule has 4 heteroatoms. The summed E-state index contributed by atoms with van der Waals surface area (Å²) in [5, 5.41) is 0. The first-order chi connectivity index (χ1) is 11.6. The molecule has 2 aromatic carbocycles. The third-order valence-corrected chi connectivity index (χ3v) is 4.07. The van der Waals surface area contributed by atoms with Gasteiger partial charge in [0.15, 0.2) is 5.78 Å². The van der Waals surface area contributed by atoms with E-state index >= 15 is 0 Å². The molecule has 0 saturated heterocycles. The van der Waals surface area contributed by atoms with E-state index in [1.807, 2.05) is 6.07 Å². The quantitative estimate of drug-likeness (QED) is 0.605. The Balaban J connectivity index is 2.39. The molecule has 0 saturated carbocycles. The monoisotopic (exact) mass is 346 g/mol. The smallest absolute Gasteiger partial charge is 0.295 e. The molecule has 2 rings (SSSR count). The van der Waals surface area contributed by atoms with Crippen LogP contribution in [0.2, 0.25) is 0 Å². The third-order valence-electron chi connectivity index (χ3n) is 4.07. The van der Waals surface area contributed by atoms with Gasteiger partial charge in [0.05, 0.1) is 5.92 Å². The lowest BCUT2D eigenvalue weighted by Crippen LogP contribution is -2.19. The number of Topliss-reactive ketones (excluding diaryl/α,β-unsaturated/α-hetero) is 1. The average molecular weight is 346 g/mol. The lowest BCUT2D eigenvalue weighted by molar-refractivity contribution is -0.139. The summed E-state index contributed by atoms with van der Waals surface area (Å²) in [6.45, 7) is 6.83. The van der Waals surface area contributed by atoms with Crippen LogP contribution in [-0.2, 0) is 0 Å². The molecule has 0 aliphatic carbocycles. The van der Waals surface area contributed by atoms with Crippen molar-refractivity contribution in [2.45, 2.75) is 39.8 Å². The average Bonchev–Trinajstić information content (AvgIpc) is 2.44. The SMILES string of the molecule is CC(=O)c1ccc(/C=C/C(c2cc(C)cc(C)c2)C(F)(F)F)cc1C. The Morgan fingerprint density at radius 2 is 1.60 bits per heavy atom. The van der Waals surface area contributed by atoms with Crippen LogP contribution in [0, 0.1) is 20.8 Å². The first-order valence-electron chi connectivity index (χ1n) is 8.02. The third kappa shape index (κ3) is 4.81. The molecular weight excluding hydrogens is 325 g/mol. The summed E-state index contributed by atoms with van der Waals surface area (Å²) < 4.78 is 40.6. The normalized spacial score (nSPS) is 13.2. The molecule has 0 spiro atoms. The standard InChI is InChI=1S/C21H21F3O/c1-13-9-14(2)11-18(10-13)20(21(22,23)24)8-6-17-5-7-19(16(4)25)15(3)12-17/h5-12,20H,1-4H3/b8-6+. The predicted molar refractivity (Wildman–Crippen MR) is 94.9 cm³/mol. The van der Waals surface area contributed by atoms with Crippen LogP contribution < -0.4 is 0 Å². The van der Waals surface area contributed by atoms with Crippen molar-refractivity contribution in [1.29, 1.82) is 0 Å². The lowest BCUT2D eigenvalue weighted by atomic mass is 9.93. The molecule has 1 atom stereocenters. The van der Waals surface area contributed by atoms with Gasteiger partial charge in [0, 0.05) is 5.56 Å². The highest BCUT2D eigenvalue weighted by molar-refractivity contribution is 5.95. The molecule has 0 aromatic heterocycles. The van der Waals surface area contributed by atoms with Crippen LogP contribution in [0.15, 0.2) is 42.5 Å². The highest BCUT2D eigenvalue weighted by Gasteiger charge is 2.39. The van der Waals surface area contributed by atoms with Gasteiger partial charge in [-0.3, -0.25) is 4.79 Å². The predicted octanol–water partition coefficient (Wildman–Crippen LogP) is 6.17. The van der Waals surface area contributed by atoms with Gasteiger partial charge in [0.1, 0.15) is 0 Å². The van der Waals surface area contributed by atoms with Crippen molar-refractivity contribution >= 4 is 11.9 Å².